The molecule has 17 heavy (non-hydrogen) atoms. The summed E-state index contributed by atoms with van der Waals surface area (Å²) in [5.41, 5.74) is 1.08. The number of carbonyl (C=O) groups excluding carboxylic acids is 1. The summed E-state index contributed by atoms with van der Waals surface area (Å²) >= 11 is 3.37. The van der Waals surface area contributed by atoms with Gasteiger partial charge in [0.1, 0.15) is 0 Å². The van der Waals surface area contributed by atoms with Crippen molar-refractivity contribution in [2.75, 3.05) is 6.61 Å². The molecule has 92 valence electrons. The summed E-state index contributed by atoms with van der Waals surface area (Å²) in [7, 11) is 0. The molecule has 0 aliphatic rings. The zero-order chi connectivity index (χ0) is 12.5. The van der Waals surface area contributed by atoms with Gasteiger partial charge in [-0.3, -0.25) is 4.79 Å². The van der Waals surface area contributed by atoms with E-state index in [0.29, 0.717) is 13.0 Å². The minimum absolute atomic E-state index is 0.160. The summed E-state index contributed by atoms with van der Waals surface area (Å²) in [6.45, 7) is 2.60. The molecule has 1 aromatic rings. The van der Waals surface area contributed by atoms with Gasteiger partial charge < -0.3 is 4.74 Å². The van der Waals surface area contributed by atoms with E-state index in [9.17, 15) is 4.79 Å². The Bertz CT molecular complexity index is 368. The molecule has 0 aliphatic carbocycles. The molecule has 0 aliphatic heterocycles. The fraction of sp³-hybridized carbons (Fsp3) is 0.357. The Kier molecular flexibility index (Phi) is 6.63. The Morgan fingerprint density at radius 3 is 2.71 bits per heavy atom. The number of rotatable bonds is 6. The zero-order valence-corrected chi connectivity index (χ0v) is 11.6. The molecule has 1 rings (SSSR count). The summed E-state index contributed by atoms with van der Waals surface area (Å²) in [6, 6.07) is 7.92. The van der Waals surface area contributed by atoms with E-state index in [0.717, 1.165) is 22.9 Å². The van der Waals surface area contributed by atoms with Crippen LogP contribution in [0.25, 0.3) is 6.08 Å². The average Bonchev–Trinajstić information content (AvgIpc) is 2.32. The molecular formula is C14H17BrO2. The summed E-state index contributed by atoms with van der Waals surface area (Å²) in [4.78, 5) is 11.3. The topological polar surface area (TPSA) is 26.3 Å². The van der Waals surface area contributed by atoms with E-state index in [1.807, 2.05) is 36.4 Å². The lowest BCUT2D eigenvalue weighted by Gasteiger charge is -2.00. The van der Waals surface area contributed by atoms with Crippen molar-refractivity contribution in [3.05, 3.63) is 40.4 Å². The maximum Gasteiger partial charge on any atom is 0.309 e. The number of carbonyl (C=O) groups is 1. The van der Waals surface area contributed by atoms with E-state index in [4.69, 9.17) is 4.74 Å². The van der Waals surface area contributed by atoms with Crippen molar-refractivity contribution in [2.45, 2.75) is 26.2 Å². The van der Waals surface area contributed by atoms with Gasteiger partial charge in [0.05, 0.1) is 13.0 Å². The summed E-state index contributed by atoms with van der Waals surface area (Å²) in [6.07, 6.45) is 6.06. The van der Waals surface area contributed by atoms with Gasteiger partial charge in [-0.1, -0.05) is 53.6 Å². The number of benzene rings is 1. The van der Waals surface area contributed by atoms with Crippen molar-refractivity contribution >= 4 is 28.0 Å². The second-order valence-corrected chi connectivity index (χ2v) is 4.65. The van der Waals surface area contributed by atoms with Crippen LogP contribution in [0, 0.1) is 0 Å². The first-order chi connectivity index (χ1) is 8.22. The molecule has 1 aromatic carbocycles. The maximum atomic E-state index is 11.3. The average molecular weight is 297 g/mol. The first-order valence-electron chi connectivity index (χ1n) is 5.80. The molecule has 2 nitrogen and oxygen atoms in total. The van der Waals surface area contributed by atoms with E-state index in [1.54, 1.807) is 0 Å². The largest absolute Gasteiger partial charge is 0.465 e. The van der Waals surface area contributed by atoms with Crippen LogP contribution < -0.4 is 0 Å². The second kappa shape index (κ2) is 8.07. The number of halogens is 1. The highest BCUT2D eigenvalue weighted by Crippen LogP contribution is 2.11. The van der Waals surface area contributed by atoms with Crippen LogP contribution in [0.15, 0.2) is 34.8 Å². The molecule has 0 aromatic heterocycles. The van der Waals surface area contributed by atoms with E-state index < -0.39 is 0 Å². The normalized spacial score (nSPS) is 10.7. The quantitative estimate of drug-likeness (QED) is 0.581. The zero-order valence-electron chi connectivity index (χ0n) is 9.99. The first kappa shape index (κ1) is 14.0. The lowest BCUT2D eigenvalue weighted by Crippen LogP contribution is -2.03. The smallest absolute Gasteiger partial charge is 0.309 e. The highest BCUT2D eigenvalue weighted by Gasteiger charge is 1.98. The molecule has 0 spiro atoms. The van der Waals surface area contributed by atoms with Gasteiger partial charge in [-0.2, -0.15) is 0 Å². The summed E-state index contributed by atoms with van der Waals surface area (Å²) in [5, 5.41) is 0. The van der Waals surface area contributed by atoms with Gasteiger partial charge >= 0.3 is 5.97 Å². The number of esters is 1. The first-order valence-corrected chi connectivity index (χ1v) is 6.59. The minimum atomic E-state index is -0.160. The van der Waals surface area contributed by atoms with Gasteiger partial charge in [0.25, 0.3) is 0 Å². The van der Waals surface area contributed by atoms with Crippen LogP contribution in [0.4, 0.5) is 0 Å². The third kappa shape index (κ3) is 6.27. The second-order valence-electron chi connectivity index (χ2n) is 3.73. The molecule has 0 atom stereocenters. The van der Waals surface area contributed by atoms with Crippen LogP contribution in [0.5, 0.6) is 0 Å². The lowest BCUT2D eigenvalue weighted by atomic mass is 10.2. The standard InChI is InChI=1S/C14H17BrO2/c1-2-3-11-17-14(16)6-4-5-12-7-9-13(15)10-8-12/h4-5,7-10H,2-3,6,11H2,1H3/b5-4+. The van der Waals surface area contributed by atoms with Crippen molar-refractivity contribution in [3.63, 3.8) is 0 Å². The van der Waals surface area contributed by atoms with Crippen molar-refractivity contribution in [1.82, 2.24) is 0 Å². The van der Waals surface area contributed by atoms with Crippen LogP contribution in [0.1, 0.15) is 31.7 Å². The SMILES string of the molecule is CCCCOC(=O)C/C=C/c1ccc(Br)cc1. The number of hydrogen-bond acceptors (Lipinski definition) is 2. The Labute approximate surface area is 111 Å². The summed E-state index contributed by atoms with van der Waals surface area (Å²) in [5.74, 6) is -0.160. The van der Waals surface area contributed by atoms with Gasteiger partial charge in [-0.25, -0.2) is 0 Å². The molecule has 0 unspecified atom stereocenters. The van der Waals surface area contributed by atoms with Crippen molar-refractivity contribution in [3.8, 4) is 0 Å². The Balaban J connectivity index is 2.29. The highest BCUT2D eigenvalue weighted by molar-refractivity contribution is 9.10. The van der Waals surface area contributed by atoms with Crippen LogP contribution in [0.2, 0.25) is 0 Å². The van der Waals surface area contributed by atoms with Gasteiger partial charge in [-0.15, -0.1) is 0 Å². The molecule has 0 bridgehead atoms. The van der Waals surface area contributed by atoms with Crippen LogP contribution in [-0.4, -0.2) is 12.6 Å². The molecule has 0 saturated carbocycles. The van der Waals surface area contributed by atoms with Crippen molar-refractivity contribution < 1.29 is 9.53 Å². The molecule has 0 N–H and O–H groups in total. The number of hydrogen-bond donors (Lipinski definition) is 0. The molecule has 0 fully saturated rings. The predicted molar refractivity (Wildman–Crippen MR) is 73.7 cm³/mol. The van der Waals surface area contributed by atoms with Gasteiger partial charge in [-0.05, 0) is 24.1 Å². The van der Waals surface area contributed by atoms with Gasteiger partial charge in [0, 0.05) is 4.47 Å². The summed E-state index contributed by atoms with van der Waals surface area (Å²) < 4.78 is 6.09. The minimum Gasteiger partial charge on any atom is -0.465 e. The van der Waals surface area contributed by atoms with Crippen molar-refractivity contribution in [2.24, 2.45) is 0 Å². The van der Waals surface area contributed by atoms with Crippen molar-refractivity contribution in [1.29, 1.82) is 0 Å². The molecule has 0 saturated heterocycles. The highest BCUT2D eigenvalue weighted by atomic mass is 79.9. The Morgan fingerprint density at radius 1 is 1.35 bits per heavy atom. The van der Waals surface area contributed by atoms with E-state index >= 15 is 0 Å². The molecule has 0 radical (unpaired) electrons. The fourth-order valence-electron chi connectivity index (χ4n) is 1.25. The Hall–Kier alpha value is -1.09. The number of unbranched alkanes of at least 4 members (excludes halogenated alkanes) is 1. The number of ether oxygens (including phenoxy) is 1. The monoisotopic (exact) mass is 296 g/mol. The van der Waals surface area contributed by atoms with Crippen LogP contribution in [0.3, 0.4) is 0 Å². The lowest BCUT2D eigenvalue weighted by molar-refractivity contribution is -0.142. The van der Waals surface area contributed by atoms with Crippen LogP contribution in [-0.2, 0) is 9.53 Å². The van der Waals surface area contributed by atoms with Gasteiger partial charge in [0.2, 0.25) is 0 Å². The molecule has 3 heteroatoms. The van der Waals surface area contributed by atoms with E-state index in [2.05, 4.69) is 22.9 Å². The molecule has 0 heterocycles. The van der Waals surface area contributed by atoms with Gasteiger partial charge in [0.15, 0.2) is 0 Å². The predicted octanol–water partition coefficient (Wildman–Crippen LogP) is 4.20. The van der Waals surface area contributed by atoms with Crippen LogP contribution >= 0.6 is 15.9 Å². The Morgan fingerprint density at radius 2 is 2.06 bits per heavy atom. The third-order valence-corrected chi connectivity index (χ3v) is 2.75. The molecular weight excluding hydrogens is 280 g/mol. The third-order valence-electron chi connectivity index (χ3n) is 2.23. The fourth-order valence-corrected chi connectivity index (χ4v) is 1.52. The molecule has 0 amide bonds. The van der Waals surface area contributed by atoms with E-state index in [-0.39, 0.29) is 5.97 Å². The maximum absolute atomic E-state index is 11.3. The van der Waals surface area contributed by atoms with E-state index in [1.165, 1.54) is 0 Å².